The molecule has 4 aliphatic heterocycles. The van der Waals surface area contributed by atoms with Crippen LogP contribution in [-0.4, -0.2) is 172 Å². The van der Waals surface area contributed by atoms with Crippen LogP contribution in [0.25, 0.3) is 11.1 Å². The van der Waals surface area contributed by atoms with E-state index in [2.05, 4.69) is 270 Å². The fraction of sp³-hybridized carbons (Fsp3) is 0.350. The van der Waals surface area contributed by atoms with Crippen LogP contribution in [0.1, 0.15) is 210 Å². The minimum absolute atomic E-state index is 0.00848. The molecule has 8 aliphatic rings. The zero-order chi connectivity index (χ0) is 98.6. The number of fused-ring (bicyclic) bond motifs is 4. The average Bonchev–Trinajstić information content (AvgIpc) is 0.777. The van der Waals surface area contributed by atoms with Crippen molar-refractivity contribution < 1.29 is 79.6 Å². The van der Waals surface area contributed by atoms with E-state index in [9.17, 15) is 33.7 Å². The van der Waals surface area contributed by atoms with Crippen molar-refractivity contribution in [3.05, 3.63) is 386 Å². The fourth-order valence-electron chi connectivity index (χ4n) is 20.0. The van der Waals surface area contributed by atoms with Crippen molar-refractivity contribution in [2.24, 2.45) is 0 Å². The molecule has 140 heavy (non-hydrogen) atoms. The number of carbonyl (C=O) groups excluding carboxylic acids is 2. The predicted octanol–water partition coefficient (Wildman–Crippen LogP) is 24.6. The molecule has 0 radical (unpaired) electrons. The van der Waals surface area contributed by atoms with Crippen LogP contribution in [0.4, 0.5) is 18.4 Å². The number of phenolic OH excluding ortho intramolecular Hbond substituents is 3. The summed E-state index contributed by atoms with van der Waals surface area (Å²) >= 11 is 2.15. The summed E-state index contributed by atoms with van der Waals surface area (Å²) in [6, 6.07) is 101. The molecular formula is C117H129F2IN4O15S. The van der Waals surface area contributed by atoms with Gasteiger partial charge in [0.15, 0.2) is 0 Å². The lowest BCUT2D eigenvalue weighted by atomic mass is 9.69. The monoisotopic (exact) mass is 2030 g/mol. The number of carbonyl (C=O) groups is 2. The second-order valence-corrected chi connectivity index (χ2v) is 41.2. The summed E-state index contributed by atoms with van der Waals surface area (Å²) in [5.74, 6) is 6.42. The maximum absolute atomic E-state index is 12.3. The van der Waals surface area contributed by atoms with Crippen molar-refractivity contribution in [2.45, 2.75) is 184 Å². The lowest BCUT2D eigenvalue weighted by molar-refractivity contribution is -0.0225. The van der Waals surface area contributed by atoms with Crippen LogP contribution < -0.4 is 24.3 Å². The molecule has 0 aromatic heterocycles. The van der Waals surface area contributed by atoms with Crippen molar-refractivity contribution in [2.75, 3.05) is 76.7 Å². The van der Waals surface area contributed by atoms with Gasteiger partial charge in [0.2, 0.25) is 0 Å². The smallest absolute Gasteiger partial charge is 0.410 e. The van der Waals surface area contributed by atoms with E-state index in [-0.39, 0.29) is 61.6 Å². The highest BCUT2D eigenvalue weighted by Crippen LogP contribution is 2.52. The Hall–Kier alpha value is -12.1. The van der Waals surface area contributed by atoms with Gasteiger partial charge in [0.1, 0.15) is 75.9 Å². The molecule has 4 aliphatic carbocycles. The topological polar surface area (TPSA) is 247 Å². The van der Waals surface area contributed by atoms with Gasteiger partial charge in [-0.15, -0.1) is 0 Å². The molecule has 12 aromatic carbocycles. The number of phenols is 3. The molecule has 12 aromatic rings. The van der Waals surface area contributed by atoms with E-state index in [0.717, 1.165) is 112 Å². The highest BCUT2D eigenvalue weighted by molar-refractivity contribution is 14.1. The van der Waals surface area contributed by atoms with Gasteiger partial charge < -0.3 is 58.9 Å². The maximum Gasteiger partial charge on any atom is 0.410 e. The van der Waals surface area contributed by atoms with Crippen molar-refractivity contribution >= 4 is 56.3 Å². The number of halogens is 3. The number of hydrogen-bond donors (Lipinski definition) is 6. The Bertz CT molecular complexity index is 6210. The van der Waals surface area contributed by atoms with E-state index in [0.29, 0.717) is 80.1 Å². The third-order valence-corrected chi connectivity index (χ3v) is 27.4. The summed E-state index contributed by atoms with van der Waals surface area (Å²) in [7, 11) is -4.67. The molecule has 19 nitrogen and oxygen atoms in total. The Balaban J connectivity index is 0.000000137. The van der Waals surface area contributed by atoms with Gasteiger partial charge in [0.05, 0.1) is 39.5 Å². The van der Waals surface area contributed by atoms with Crippen LogP contribution in [0.3, 0.4) is 0 Å². The van der Waals surface area contributed by atoms with Crippen LogP contribution in [0.5, 0.6) is 40.2 Å². The number of ether oxygens (including phenoxy) is 6. The Labute approximate surface area is 836 Å². The molecule has 0 spiro atoms. The molecule has 23 heteroatoms. The quantitative estimate of drug-likeness (QED) is 0.0222. The predicted molar refractivity (Wildman–Crippen MR) is 557 cm³/mol. The number of amides is 2. The van der Waals surface area contributed by atoms with Crippen molar-refractivity contribution in [1.29, 1.82) is 0 Å². The molecule has 0 saturated carbocycles. The molecule has 4 fully saturated rings. The van der Waals surface area contributed by atoms with E-state index >= 15 is 0 Å². The minimum Gasteiger partial charge on any atom is -0.508 e. The van der Waals surface area contributed by atoms with Crippen LogP contribution in [-0.2, 0) is 45.6 Å². The first-order chi connectivity index (χ1) is 67.4. The number of allylic oxidation sites excluding steroid dienone is 1. The van der Waals surface area contributed by atoms with Crippen molar-refractivity contribution in [1.82, 2.24) is 20.0 Å². The van der Waals surface area contributed by atoms with E-state index in [4.69, 9.17) is 45.9 Å². The minimum atomic E-state index is -4.67. The van der Waals surface area contributed by atoms with Gasteiger partial charge >= 0.3 is 22.6 Å². The number of nitrogens with one attached hydrogen (secondary N) is 1. The third-order valence-electron chi connectivity index (χ3n) is 26.7. The molecule has 4 heterocycles. The summed E-state index contributed by atoms with van der Waals surface area (Å²) < 4.78 is 91.1. The zero-order valence-corrected chi connectivity index (χ0v) is 83.7. The number of benzene rings is 12. The van der Waals surface area contributed by atoms with E-state index in [1.807, 2.05) is 96.1 Å². The normalized spacial score (nSPS) is 18.8. The first-order valence-corrected chi connectivity index (χ1v) is 51.7. The fourth-order valence-corrected chi connectivity index (χ4v) is 20.3. The van der Waals surface area contributed by atoms with Gasteiger partial charge in [0.25, 0.3) is 0 Å². The molecular weight excluding hydrogens is 1900 g/mol. The second kappa shape index (κ2) is 47.4. The first kappa shape index (κ1) is 102. The molecule has 2 amide bonds. The standard InChI is InChI=1S/C31H33NO3.C30H33NO4.C28H30FNO2.C25H25NO2.C3H6FI.H2O4S/c1-21-10-16-28-24(18-21)13-17-27(22-8-6-5-7-9-22)29(28)23-11-14-25(15-12-23)34-26-19-32(20-26)30(33)35-31(2,3)4;1-30(2,3)35-29(33)31-18-25(19-31)34-24-13-9-21(10-14-24)28-26(20-7-5-4-6-8-20)15-11-22-17-23(32)12-16-27(22)28;29-15-4-16-30-18-25(19-30)32-24-11-7-21(8-12-24)28-26(20-5-2-1-3-6-20)13-9-22-17-23(31)10-14-27(22)28;27-20-9-13-24-19(14-20)8-12-23(17-4-2-1-3-5-17)25(24)18-6-10-21(11-7-18)28-22-15-26-16-22;4-2-1-3-5;1-5(2,3)4/h5-12,14-16,18,26H,13,17,19-20H2,1-4H3;4-10,12-14,16-17,25-26,28,32H,11,15,18-19H2,1-3H3;1-3,5-8,10-12,14,17,25-26,28,31H,4,9,13,15-16,18-19H2;1-7,9-11,13-14,22-23,25-27H,8,12,15-16H2;1-3H2;(H2,1,2,3,4)/t;2*26-,28+;23-,25+;;/m.111../s1. The second-order valence-electron chi connectivity index (χ2n) is 39.2. The molecule has 0 bridgehead atoms. The Morgan fingerprint density at radius 1 is 0.400 bits per heavy atom. The average molecular weight is 2030 g/mol. The Kier molecular flexibility index (Phi) is 34.7. The van der Waals surface area contributed by atoms with Gasteiger partial charge in [-0.05, 0) is 316 Å². The Morgan fingerprint density at radius 2 is 0.750 bits per heavy atom. The van der Waals surface area contributed by atoms with Crippen LogP contribution in [0, 0.1) is 6.92 Å². The third kappa shape index (κ3) is 27.8. The highest BCUT2D eigenvalue weighted by Gasteiger charge is 2.40. The number of likely N-dealkylation sites (tertiary alicyclic amines) is 3. The number of rotatable bonds is 21. The van der Waals surface area contributed by atoms with Gasteiger partial charge in [-0.25, -0.2) is 9.59 Å². The molecule has 734 valence electrons. The highest BCUT2D eigenvalue weighted by atomic mass is 127. The van der Waals surface area contributed by atoms with Crippen LogP contribution in [0.2, 0.25) is 0 Å². The molecule has 6 N–H and O–H groups in total. The summed E-state index contributed by atoms with van der Waals surface area (Å²) in [6.45, 7) is 19.6. The van der Waals surface area contributed by atoms with Gasteiger partial charge in [-0.1, -0.05) is 234 Å². The van der Waals surface area contributed by atoms with Crippen LogP contribution >= 0.6 is 22.6 Å². The van der Waals surface area contributed by atoms with Gasteiger partial charge in [-0.3, -0.25) is 22.8 Å². The van der Waals surface area contributed by atoms with E-state index < -0.39 is 21.6 Å². The van der Waals surface area contributed by atoms with Crippen molar-refractivity contribution in [3.8, 4) is 40.2 Å². The number of aryl methyl sites for hydroxylation is 5. The largest absolute Gasteiger partial charge is 0.508 e. The number of aromatic hydroxyl groups is 3. The summed E-state index contributed by atoms with van der Waals surface area (Å²) in [5, 5.41) is 33.2. The Morgan fingerprint density at radius 3 is 1.09 bits per heavy atom. The van der Waals surface area contributed by atoms with E-state index in [1.54, 1.807) is 15.9 Å². The van der Waals surface area contributed by atoms with Gasteiger partial charge in [0, 0.05) is 54.9 Å². The lowest BCUT2D eigenvalue weighted by Gasteiger charge is -2.39. The summed E-state index contributed by atoms with van der Waals surface area (Å²) in [5.41, 5.74) is 23.8. The van der Waals surface area contributed by atoms with Gasteiger partial charge in [-0.2, -0.15) is 8.42 Å². The number of hydrogen-bond acceptors (Lipinski definition) is 15. The maximum atomic E-state index is 12.3. The summed E-state index contributed by atoms with van der Waals surface area (Å²) in [6.07, 6.45) is 9.37. The van der Waals surface area contributed by atoms with E-state index in [1.165, 1.54) is 106 Å². The lowest BCUT2D eigenvalue weighted by Crippen LogP contribution is -2.57. The van der Waals surface area contributed by atoms with Crippen molar-refractivity contribution in [3.63, 3.8) is 0 Å². The summed E-state index contributed by atoms with van der Waals surface area (Å²) in [4.78, 5) is 29.9. The first-order valence-electron chi connectivity index (χ1n) is 48.8. The number of alkyl halides is 3. The number of nitrogens with zero attached hydrogens (tertiary/aromatic N) is 3. The molecule has 4 saturated heterocycles. The van der Waals surface area contributed by atoms with Crippen LogP contribution in [0.15, 0.2) is 291 Å². The molecule has 0 unspecified atom stereocenters. The SMILES string of the molecule is CC(C)(C)OC(=O)N1CC(Oc2ccc([C@@H]3c4ccc(O)cc4CC[C@@H]3c3ccccc3)cc2)C1.Cc1ccc2c(c1)CCC(c1ccccc1)=C2c1ccc(OC2CN(C(=O)OC(C)(C)C)C2)cc1.FCCCI.O=S(=O)(O)O.Oc1ccc2c(c1)CC[C@H](c1ccccc1)[C@@H]2c1ccc(OC2CN(CCCF)C2)cc1.Oc1ccc2c(c1)CC[C@H](c1ccccc1)[C@@H]2c1ccc(OC2CNC2)cc1. The zero-order valence-electron chi connectivity index (χ0n) is 80.7. The molecule has 20 rings (SSSR count). The molecule has 6 atom stereocenters.